The maximum absolute atomic E-state index is 11.7. The van der Waals surface area contributed by atoms with Gasteiger partial charge < -0.3 is 15.4 Å². The fourth-order valence-electron chi connectivity index (χ4n) is 2.34. The molecule has 0 aromatic heterocycles. The molecule has 0 aliphatic carbocycles. The Morgan fingerprint density at radius 1 is 1.04 bits per heavy atom. The second kappa shape index (κ2) is 8.83. The number of aryl methyl sites for hydroxylation is 3. The Bertz CT molecular complexity index is 627. The van der Waals surface area contributed by atoms with Crippen LogP contribution in [-0.2, 0) is 6.42 Å². The van der Waals surface area contributed by atoms with Gasteiger partial charge in [-0.15, -0.1) is 0 Å². The van der Waals surface area contributed by atoms with Gasteiger partial charge in [0.15, 0.2) is 6.73 Å². The van der Waals surface area contributed by atoms with Crippen LogP contribution in [0.4, 0.5) is 4.79 Å². The van der Waals surface area contributed by atoms with Gasteiger partial charge in [-0.25, -0.2) is 4.79 Å². The van der Waals surface area contributed by atoms with Crippen molar-refractivity contribution in [2.45, 2.75) is 26.7 Å². The molecule has 0 fully saturated rings. The first-order valence-electron chi connectivity index (χ1n) is 7.91. The van der Waals surface area contributed by atoms with E-state index < -0.39 is 0 Å². The van der Waals surface area contributed by atoms with Crippen molar-refractivity contribution in [1.82, 2.24) is 10.6 Å². The zero-order chi connectivity index (χ0) is 16.5. The Hall–Kier alpha value is -2.49. The minimum Gasteiger partial charge on any atom is -0.473 e. The van der Waals surface area contributed by atoms with Crippen LogP contribution in [0.1, 0.15) is 23.1 Å². The highest BCUT2D eigenvalue weighted by Crippen LogP contribution is 2.18. The van der Waals surface area contributed by atoms with E-state index in [4.69, 9.17) is 4.74 Å². The first-order valence-corrected chi connectivity index (χ1v) is 7.91. The van der Waals surface area contributed by atoms with Crippen molar-refractivity contribution < 1.29 is 9.53 Å². The lowest BCUT2D eigenvalue weighted by atomic mass is 10.1. The van der Waals surface area contributed by atoms with Gasteiger partial charge in [-0.1, -0.05) is 48.0 Å². The van der Waals surface area contributed by atoms with E-state index in [1.165, 1.54) is 11.1 Å². The zero-order valence-electron chi connectivity index (χ0n) is 13.8. The average molecular weight is 312 g/mol. The second-order valence-corrected chi connectivity index (χ2v) is 5.58. The van der Waals surface area contributed by atoms with Crippen molar-refractivity contribution in [2.75, 3.05) is 13.3 Å². The fourth-order valence-corrected chi connectivity index (χ4v) is 2.34. The molecular formula is C19H24N2O2. The van der Waals surface area contributed by atoms with E-state index in [0.29, 0.717) is 6.54 Å². The molecule has 0 aliphatic rings. The number of carbonyl (C=O) groups excluding carboxylic acids is 1. The number of nitrogens with one attached hydrogen (secondary N) is 2. The number of urea groups is 1. The van der Waals surface area contributed by atoms with E-state index in [2.05, 4.69) is 28.8 Å². The van der Waals surface area contributed by atoms with Gasteiger partial charge in [0.05, 0.1) is 0 Å². The monoisotopic (exact) mass is 312 g/mol. The van der Waals surface area contributed by atoms with Crippen molar-refractivity contribution >= 4 is 6.03 Å². The van der Waals surface area contributed by atoms with E-state index in [9.17, 15) is 4.79 Å². The third-order valence-electron chi connectivity index (χ3n) is 3.56. The molecule has 122 valence electrons. The summed E-state index contributed by atoms with van der Waals surface area (Å²) in [4.78, 5) is 11.7. The predicted molar refractivity (Wildman–Crippen MR) is 92.7 cm³/mol. The summed E-state index contributed by atoms with van der Waals surface area (Å²) in [5, 5.41) is 5.53. The van der Waals surface area contributed by atoms with Gasteiger partial charge in [-0.2, -0.15) is 0 Å². The third-order valence-corrected chi connectivity index (χ3v) is 3.56. The molecule has 4 nitrogen and oxygen atoms in total. The van der Waals surface area contributed by atoms with E-state index >= 15 is 0 Å². The molecule has 2 aromatic carbocycles. The summed E-state index contributed by atoms with van der Waals surface area (Å²) < 4.78 is 5.57. The average Bonchev–Trinajstić information content (AvgIpc) is 2.55. The maximum atomic E-state index is 11.7. The number of ether oxygens (including phenoxy) is 1. The second-order valence-electron chi connectivity index (χ2n) is 5.58. The quantitative estimate of drug-likeness (QED) is 0.606. The molecule has 0 spiro atoms. The summed E-state index contributed by atoms with van der Waals surface area (Å²) in [6.45, 7) is 4.84. The Balaban J connectivity index is 1.60. The van der Waals surface area contributed by atoms with Crippen LogP contribution in [0.3, 0.4) is 0 Å². The van der Waals surface area contributed by atoms with Gasteiger partial charge in [-0.3, -0.25) is 0 Å². The lowest BCUT2D eigenvalue weighted by Gasteiger charge is -2.11. The van der Waals surface area contributed by atoms with Gasteiger partial charge >= 0.3 is 6.03 Å². The largest absolute Gasteiger partial charge is 0.473 e. The molecule has 23 heavy (non-hydrogen) atoms. The lowest BCUT2D eigenvalue weighted by Crippen LogP contribution is -2.38. The Morgan fingerprint density at radius 3 is 2.57 bits per heavy atom. The molecule has 0 saturated heterocycles. The summed E-state index contributed by atoms with van der Waals surface area (Å²) >= 11 is 0. The Morgan fingerprint density at radius 2 is 1.83 bits per heavy atom. The Labute approximate surface area is 137 Å². The van der Waals surface area contributed by atoms with Gasteiger partial charge in [0.1, 0.15) is 5.75 Å². The highest BCUT2D eigenvalue weighted by molar-refractivity contribution is 5.73. The molecule has 0 unspecified atom stereocenters. The molecule has 2 aromatic rings. The van der Waals surface area contributed by atoms with Crippen LogP contribution >= 0.6 is 0 Å². The topological polar surface area (TPSA) is 50.4 Å². The van der Waals surface area contributed by atoms with Gasteiger partial charge in [0.2, 0.25) is 0 Å². The molecule has 0 heterocycles. The van der Waals surface area contributed by atoms with Crippen LogP contribution in [0, 0.1) is 13.8 Å². The van der Waals surface area contributed by atoms with Crippen LogP contribution in [-0.4, -0.2) is 19.3 Å². The van der Waals surface area contributed by atoms with Crippen molar-refractivity contribution in [2.24, 2.45) is 0 Å². The smallest absolute Gasteiger partial charge is 0.317 e. The highest BCUT2D eigenvalue weighted by atomic mass is 16.5. The number of hydrogen-bond acceptors (Lipinski definition) is 2. The minimum absolute atomic E-state index is 0.161. The van der Waals surface area contributed by atoms with E-state index in [1.54, 1.807) is 0 Å². The molecule has 2 rings (SSSR count). The minimum atomic E-state index is -0.206. The van der Waals surface area contributed by atoms with Crippen LogP contribution in [0.2, 0.25) is 0 Å². The zero-order valence-corrected chi connectivity index (χ0v) is 13.8. The number of hydrogen-bond donors (Lipinski definition) is 2. The first-order chi connectivity index (χ1) is 11.1. The summed E-state index contributed by atoms with van der Waals surface area (Å²) in [5.41, 5.74) is 3.54. The van der Waals surface area contributed by atoms with E-state index in [1.807, 2.05) is 44.2 Å². The van der Waals surface area contributed by atoms with Gasteiger partial charge in [-0.05, 0) is 43.9 Å². The number of benzene rings is 2. The predicted octanol–water partition coefficient (Wildman–Crippen LogP) is 3.57. The van der Waals surface area contributed by atoms with Crippen LogP contribution in [0.5, 0.6) is 5.75 Å². The Kier molecular flexibility index (Phi) is 6.48. The fraction of sp³-hybridized carbons (Fsp3) is 0.316. The van der Waals surface area contributed by atoms with Crippen molar-refractivity contribution in [3.8, 4) is 5.75 Å². The van der Waals surface area contributed by atoms with E-state index in [0.717, 1.165) is 24.2 Å². The molecule has 2 amide bonds. The molecule has 0 atom stereocenters. The molecular weight excluding hydrogens is 288 g/mol. The standard InChI is InChI=1S/C19H24N2O2/c1-15-10-11-18(16(2)13-15)23-14-21-19(22)20-12-6-9-17-7-4-3-5-8-17/h3-5,7-8,10-11,13H,6,9,12,14H2,1-2H3,(H2,20,21,22). The summed E-state index contributed by atoms with van der Waals surface area (Å²) in [5.74, 6) is 0.792. The third kappa shape index (κ3) is 6.02. The van der Waals surface area contributed by atoms with Crippen molar-refractivity contribution in [3.63, 3.8) is 0 Å². The number of amides is 2. The van der Waals surface area contributed by atoms with Gasteiger partial charge in [0.25, 0.3) is 0 Å². The molecule has 0 radical (unpaired) electrons. The van der Waals surface area contributed by atoms with E-state index in [-0.39, 0.29) is 12.8 Å². The highest BCUT2D eigenvalue weighted by Gasteiger charge is 2.02. The molecule has 0 bridgehead atoms. The normalized spacial score (nSPS) is 10.2. The maximum Gasteiger partial charge on any atom is 0.317 e. The SMILES string of the molecule is Cc1ccc(OCNC(=O)NCCCc2ccccc2)c(C)c1. The summed E-state index contributed by atoms with van der Waals surface area (Å²) in [6.07, 6.45) is 1.87. The van der Waals surface area contributed by atoms with Crippen LogP contribution in [0.25, 0.3) is 0 Å². The lowest BCUT2D eigenvalue weighted by molar-refractivity contribution is 0.223. The molecule has 0 saturated carbocycles. The molecule has 4 heteroatoms. The summed E-state index contributed by atoms with van der Waals surface area (Å²) in [6, 6.07) is 16.0. The van der Waals surface area contributed by atoms with Crippen molar-refractivity contribution in [1.29, 1.82) is 0 Å². The first kappa shape index (κ1) is 16.9. The number of rotatable bonds is 7. The molecule has 2 N–H and O–H groups in total. The summed E-state index contributed by atoms with van der Waals surface area (Å²) in [7, 11) is 0. The molecule has 0 aliphatic heterocycles. The van der Waals surface area contributed by atoms with Crippen LogP contribution < -0.4 is 15.4 Å². The van der Waals surface area contributed by atoms with Crippen molar-refractivity contribution in [3.05, 3.63) is 65.2 Å². The van der Waals surface area contributed by atoms with Gasteiger partial charge in [0, 0.05) is 6.54 Å². The number of carbonyl (C=O) groups is 1. The van der Waals surface area contributed by atoms with Crippen LogP contribution in [0.15, 0.2) is 48.5 Å².